The predicted octanol–water partition coefficient (Wildman–Crippen LogP) is 1.35. The minimum absolute atomic E-state index is 0.927. The molecule has 1 aromatic rings. The van der Waals surface area contributed by atoms with Gasteiger partial charge in [0.25, 0.3) is 0 Å². The Labute approximate surface area is 61.1 Å². The highest BCUT2D eigenvalue weighted by molar-refractivity contribution is 5.28. The maximum Gasteiger partial charge on any atom is 0.0387 e. The third-order valence-electron chi connectivity index (χ3n) is 1.94. The van der Waals surface area contributed by atoms with Crippen molar-refractivity contribution in [3.8, 4) is 0 Å². The summed E-state index contributed by atoms with van der Waals surface area (Å²) in [7, 11) is 0. The van der Waals surface area contributed by atoms with Crippen LogP contribution < -0.4 is 5.32 Å². The average Bonchev–Trinajstić information content (AvgIpc) is 2.05. The molecule has 0 saturated carbocycles. The van der Waals surface area contributed by atoms with Crippen LogP contribution in [0, 0.1) is 0 Å². The van der Waals surface area contributed by atoms with Crippen molar-refractivity contribution in [3.05, 3.63) is 35.4 Å². The van der Waals surface area contributed by atoms with E-state index in [0.29, 0.717) is 0 Å². The van der Waals surface area contributed by atoms with Gasteiger partial charge in [-0.25, -0.2) is 5.32 Å². The zero-order valence-corrected chi connectivity index (χ0v) is 5.88. The lowest BCUT2D eigenvalue weighted by Crippen LogP contribution is -2.16. The molecule has 1 heterocycles. The van der Waals surface area contributed by atoms with Crippen molar-refractivity contribution in [2.75, 3.05) is 6.54 Å². The molecular weight excluding hydrogens is 122 g/mol. The molecule has 1 radical (unpaired) electrons. The summed E-state index contributed by atoms with van der Waals surface area (Å²) < 4.78 is 0. The standard InChI is InChI=1S/C9H10N/c1-2-4-9-7-10-6-5-8(9)3-1/h1-4H,5-7H2. The fraction of sp³-hybridized carbons (Fsp3) is 0.333. The zero-order chi connectivity index (χ0) is 6.81. The molecule has 0 aliphatic carbocycles. The lowest BCUT2D eigenvalue weighted by atomic mass is 10.0. The number of rotatable bonds is 0. The van der Waals surface area contributed by atoms with Crippen LogP contribution in [0.15, 0.2) is 24.3 Å². The summed E-state index contributed by atoms with van der Waals surface area (Å²) in [5.41, 5.74) is 2.89. The van der Waals surface area contributed by atoms with E-state index in [0.717, 1.165) is 19.5 Å². The van der Waals surface area contributed by atoms with Crippen LogP contribution in [-0.4, -0.2) is 6.54 Å². The molecule has 51 valence electrons. The summed E-state index contributed by atoms with van der Waals surface area (Å²) in [6.45, 7) is 1.94. The van der Waals surface area contributed by atoms with Crippen LogP contribution in [0.4, 0.5) is 0 Å². The molecule has 0 spiro atoms. The monoisotopic (exact) mass is 132 g/mol. The third-order valence-corrected chi connectivity index (χ3v) is 1.94. The molecule has 0 atom stereocenters. The maximum atomic E-state index is 4.32. The quantitative estimate of drug-likeness (QED) is 0.506. The molecular formula is C9H10N. The van der Waals surface area contributed by atoms with Gasteiger partial charge in [0.2, 0.25) is 0 Å². The first-order valence-corrected chi connectivity index (χ1v) is 3.67. The first-order valence-electron chi connectivity index (χ1n) is 3.67. The van der Waals surface area contributed by atoms with Gasteiger partial charge in [-0.05, 0) is 17.5 Å². The van der Waals surface area contributed by atoms with Crippen LogP contribution in [0.25, 0.3) is 0 Å². The highest BCUT2D eigenvalue weighted by Gasteiger charge is 2.06. The second-order valence-corrected chi connectivity index (χ2v) is 2.62. The Morgan fingerprint density at radius 1 is 1.10 bits per heavy atom. The smallest absolute Gasteiger partial charge is 0.0387 e. The van der Waals surface area contributed by atoms with E-state index in [-0.39, 0.29) is 0 Å². The summed E-state index contributed by atoms with van der Waals surface area (Å²) in [4.78, 5) is 0. The van der Waals surface area contributed by atoms with E-state index in [2.05, 4.69) is 29.6 Å². The Kier molecular flexibility index (Phi) is 1.44. The Morgan fingerprint density at radius 3 is 2.70 bits per heavy atom. The van der Waals surface area contributed by atoms with Gasteiger partial charge in [-0.1, -0.05) is 24.3 Å². The molecule has 0 saturated heterocycles. The van der Waals surface area contributed by atoms with Gasteiger partial charge in [-0.2, -0.15) is 0 Å². The van der Waals surface area contributed by atoms with Gasteiger partial charge in [0.05, 0.1) is 0 Å². The Bertz CT molecular complexity index is 205. The van der Waals surface area contributed by atoms with Crippen molar-refractivity contribution in [2.45, 2.75) is 13.0 Å². The lowest BCUT2D eigenvalue weighted by Gasteiger charge is -2.14. The summed E-state index contributed by atoms with van der Waals surface area (Å²) >= 11 is 0. The van der Waals surface area contributed by atoms with Crippen LogP contribution >= 0.6 is 0 Å². The van der Waals surface area contributed by atoms with Gasteiger partial charge in [-0.15, -0.1) is 0 Å². The van der Waals surface area contributed by atoms with E-state index >= 15 is 0 Å². The van der Waals surface area contributed by atoms with Gasteiger partial charge in [0, 0.05) is 13.1 Å². The van der Waals surface area contributed by atoms with Gasteiger partial charge in [0.1, 0.15) is 0 Å². The SMILES string of the molecule is c1ccc2c(c1)CC[N]C2. The largest absolute Gasteiger partial charge is 0.237 e. The van der Waals surface area contributed by atoms with Crippen molar-refractivity contribution >= 4 is 0 Å². The van der Waals surface area contributed by atoms with E-state index < -0.39 is 0 Å². The molecule has 0 amide bonds. The van der Waals surface area contributed by atoms with Crippen LogP contribution in [0.1, 0.15) is 11.1 Å². The van der Waals surface area contributed by atoms with Crippen molar-refractivity contribution in [2.24, 2.45) is 0 Å². The first kappa shape index (κ1) is 5.93. The van der Waals surface area contributed by atoms with Gasteiger partial charge < -0.3 is 0 Å². The topological polar surface area (TPSA) is 14.1 Å². The van der Waals surface area contributed by atoms with E-state index in [9.17, 15) is 0 Å². The summed E-state index contributed by atoms with van der Waals surface area (Å²) in [5, 5.41) is 4.32. The summed E-state index contributed by atoms with van der Waals surface area (Å²) in [6.07, 6.45) is 1.14. The normalized spacial score (nSPS) is 16.4. The number of benzene rings is 1. The Morgan fingerprint density at radius 2 is 1.90 bits per heavy atom. The molecule has 2 rings (SSSR count). The fourth-order valence-corrected chi connectivity index (χ4v) is 1.35. The van der Waals surface area contributed by atoms with Crippen molar-refractivity contribution in [3.63, 3.8) is 0 Å². The van der Waals surface area contributed by atoms with Crippen LogP contribution in [0.3, 0.4) is 0 Å². The summed E-state index contributed by atoms with van der Waals surface area (Å²) in [5.74, 6) is 0. The number of hydrogen-bond donors (Lipinski definition) is 0. The highest BCUT2D eigenvalue weighted by Crippen LogP contribution is 2.12. The molecule has 0 aromatic heterocycles. The molecule has 10 heavy (non-hydrogen) atoms. The van der Waals surface area contributed by atoms with Crippen molar-refractivity contribution < 1.29 is 0 Å². The van der Waals surface area contributed by atoms with Gasteiger partial charge in [-0.3, -0.25) is 0 Å². The van der Waals surface area contributed by atoms with E-state index in [1.54, 1.807) is 0 Å². The zero-order valence-electron chi connectivity index (χ0n) is 5.88. The maximum absolute atomic E-state index is 4.32. The minimum atomic E-state index is 0.927. The lowest BCUT2D eigenvalue weighted by molar-refractivity contribution is 0.630. The molecule has 1 aliphatic rings. The molecule has 1 heteroatoms. The predicted molar refractivity (Wildman–Crippen MR) is 40.9 cm³/mol. The first-order chi connectivity index (χ1) is 4.97. The summed E-state index contributed by atoms with van der Waals surface area (Å²) in [6, 6.07) is 8.55. The van der Waals surface area contributed by atoms with Crippen molar-refractivity contribution in [1.82, 2.24) is 5.32 Å². The highest BCUT2D eigenvalue weighted by atomic mass is 14.9. The number of nitrogens with zero attached hydrogens (tertiary/aromatic N) is 1. The number of hydrogen-bond acceptors (Lipinski definition) is 0. The fourth-order valence-electron chi connectivity index (χ4n) is 1.35. The molecule has 1 aromatic carbocycles. The van der Waals surface area contributed by atoms with E-state index in [1.807, 2.05) is 0 Å². The van der Waals surface area contributed by atoms with Gasteiger partial charge in [0.15, 0.2) is 0 Å². The Balaban J connectivity index is 2.41. The van der Waals surface area contributed by atoms with Crippen molar-refractivity contribution in [1.29, 1.82) is 0 Å². The minimum Gasteiger partial charge on any atom is -0.237 e. The Hall–Kier alpha value is -0.820. The second-order valence-electron chi connectivity index (χ2n) is 2.62. The van der Waals surface area contributed by atoms with Gasteiger partial charge >= 0.3 is 0 Å². The van der Waals surface area contributed by atoms with Crippen LogP contribution in [0.5, 0.6) is 0 Å². The van der Waals surface area contributed by atoms with E-state index in [4.69, 9.17) is 0 Å². The third kappa shape index (κ3) is 0.929. The van der Waals surface area contributed by atoms with Crippen LogP contribution in [0.2, 0.25) is 0 Å². The molecule has 0 N–H and O–H groups in total. The second kappa shape index (κ2) is 2.43. The molecule has 0 fully saturated rings. The average molecular weight is 132 g/mol. The van der Waals surface area contributed by atoms with E-state index in [1.165, 1.54) is 11.1 Å². The number of fused-ring (bicyclic) bond motifs is 1. The van der Waals surface area contributed by atoms with Crippen LogP contribution in [-0.2, 0) is 13.0 Å². The molecule has 0 bridgehead atoms. The molecule has 1 aliphatic heterocycles. The molecule has 0 unspecified atom stereocenters. The molecule has 1 nitrogen and oxygen atoms in total.